The minimum atomic E-state index is -0.920. The molecule has 0 bridgehead atoms. The topological polar surface area (TPSA) is 62.0 Å². The van der Waals surface area contributed by atoms with Gasteiger partial charge in [0.05, 0.1) is 0 Å². The minimum absolute atomic E-state index is 0.0387. The summed E-state index contributed by atoms with van der Waals surface area (Å²) >= 11 is 0. The van der Waals surface area contributed by atoms with E-state index in [9.17, 15) is 9.00 Å². The van der Waals surface area contributed by atoms with Gasteiger partial charge in [0.15, 0.2) is 0 Å². The van der Waals surface area contributed by atoms with Gasteiger partial charge in [-0.25, -0.2) is 0 Å². The molecule has 18 heavy (non-hydrogen) atoms. The van der Waals surface area contributed by atoms with Gasteiger partial charge >= 0.3 is 0 Å². The molecule has 0 aliphatic heterocycles. The van der Waals surface area contributed by atoms with Crippen LogP contribution in [0.1, 0.15) is 17.3 Å². The summed E-state index contributed by atoms with van der Waals surface area (Å²) < 4.78 is 11.2. The van der Waals surface area contributed by atoms with Gasteiger partial charge in [0.25, 0.3) is 5.91 Å². The summed E-state index contributed by atoms with van der Waals surface area (Å²) in [6, 6.07) is 7.47. The quantitative estimate of drug-likeness (QED) is 0.882. The Bertz CT molecular complexity index is 591. The first-order valence-electron chi connectivity index (χ1n) is 5.75. The Balaban J connectivity index is 2.06. The van der Waals surface area contributed by atoms with Crippen LogP contribution in [0.15, 0.2) is 30.5 Å². The van der Waals surface area contributed by atoms with Gasteiger partial charge < -0.3 is 10.3 Å². The lowest BCUT2D eigenvalue weighted by Gasteiger charge is -2.09. The minimum Gasteiger partial charge on any atom is -0.361 e. The third-order valence-electron chi connectivity index (χ3n) is 2.93. The van der Waals surface area contributed by atoms with E-state index in [0.29, 0.717) is 12.1 Å². The van der Waals surface area contributed by atoms with Gasteiger partial charge in [0.2, 0.25) is 0 Å². The molecule has 2 aromatic rings. The van der Waals surface area contributed by atoms with Crippen molar-refractivity contribution in [2.24, 2.45) is 0 Å². The number of hydrogen-bond acceptors (Lipinski definition) is 2. The monoisotopic (exact) mass is 264 g/mol. The van der Waals surface area contributed by atoms with Gasteiger partial charge in [0, 0.05) is 46.1 Å². The number of hydrogen-bond donors (Lipinski definition) is 2. The highest BCUT2D eigenvalue weighted by Crippen LogP contribution is 2.13. The average Bonchev–Trinajstić information content (AvgIpc) is 2.82. The molecule has 0 saturated heterocycles. The highest BCUT2D eigenvalue weighted by molar-refractivity contribution is 7.84. The van der Waals surface area contributed by atoms with Crippen molar-refractivity contribution in [1.82, 2.24) is 10.3 Å². The second kappa shape index (κ2) is 5.35. The highest BCUT2D eigenvalue weighted by Gasteiger charge is 2.10. The molecule has 0 aliphatic carbocycles. The number of carbonyl (C=O) groups excluding carboxylic acids is 1. The molecule has 96 valence electrons. The molecular formula is C13H16N2O2S. The fraction of sp³-hybridized carbons (Fsp3) is 0.308. The first kappa shape index (κ1) is 12.8. The number of amides is 1. The predicted octanol–water partition coefficient (Wildman–Crippen LogP) is 1.66. The van der Waals surface area contributed by atoms with Crippen molar-refractivity contribution in [3.63, 3.8) is 0 Å². The Morgan fingerprint density at radius 3 is 2.94 bits per heavy atom. The van der Waals surface area contributed by atoms with Crippen molar-refractivity contribution in [2.45, 2.75) is 12.2 Å². The molecule has 2 unspecified atom stereocenters. The molecule has 0 saturated carbocycles. The zero-order valence-corrected chi connectivity index (χ0v) is 11.2. The van der Waals surface area contributed by atoms with E-state index in [4.69, 9.17) is 0 Å². The summed E-state index contributed by atoms with van der Waals surface area (Å²) in [7, 11) is -0.920. The lowest BCUT2D eigenvalue weighted by Crippen LogP contribution is -2.32. The highest BCUT2D eigenvalue weighted by atomic mass is 32.2. The number of H-pyrrole nitrogens is 1. The van der Waals surface area contributed by atoms with Gasteiger partial charge in [-0.3, -0.25) is 9.00 Å². The van der Waals surface area contributed by atoms with E-state index in [1.165, 1.54) is 0 Å². The summed E-state index contributed by atoms with van der Waals surface area (Å²) in [5.41, 5.74) is 1.55. The number of fused-ring (bicyclic) bond motifs is 1. The van der Waals surface area contributed by atoms with Gasteiger partial charge in [0.1, 0.15) is 0 Å². The van der Waals surface area contributed by atoms with E-state index in [2.05, 4.69) is 10.3 Å². The Labute approximate surface area is 108 Å². The van der Waals surface area contributed by atoms with Gasteiger partial charge in [-0.1, -0.05) is 6.07 Å². The van der Waals surface area contributed by atoms with E-state index in [-0.39, 0.29) is 11.2 Å². The predicted molar refractivity (Wildman–Crippen MR) is 74.2 cm³/mol. The molecule has 1 amide bonds. The van der Waals surface area contributed by atoms with Crippen molar-refractivity contribution < 1.29 is 9.00 Å². The Morgan fingerprint density at radius 2 is 2.22 bits per heavy atom. The maximum Gasteiger partial charge on any atom is 0.251 e. The number of rotatable bonds is 4. The van der Waals surface area contributed by atoms with Crippen LogP contribution >= 0.6 is 0 Å². The van der Waals surface area contributed by atoms with Crippen LogP contribution in [0, 0.1) is 0 Å². The molecule has 2 N–H and O–H groups in total. The smallest absolute Gasteiger partial charge is 0.251 e. The fourth-order valence-corrected chi connectivity index (χ4v) is 1.96. The van der Waals surface area contributed by atoms with Crippen LogP contribution in [-0.2, 0) is 10.8 Å². The Hall–Kier alpha value is -1.62. The van der Waals surface area contributed by atoms with Crippen LogP contribution in [0.5, 0.6) is 0 Å². The van der Waals surface area contributed by atoms with Crippen LogP contribution in [0.3, 0.4) is 0 Å². The summed E-state index contributed by atoms with van der Waals surface area (Å²) in [6.45, 7) is 2.27. The first-order valence-corrected chi connectivity index (χ1v) is 7.37. The Kier molecular flexibility index (Phi) is 3.81. The average molecular weight is 264 g/mol. The Morgan fingerprint density at radius 1 is 1.44 bits per heavy atom. The van der Waals surface area contributed by atoms with E-state index in [1.54, 1.807) is 12.3 Å². The number of benzene rings is 1. The van der Waals surface area contributed by atoms with Crippen molar-refractivity contribution in [1.29, 1.82) is 0 Å². The second-order valence-electron chi connectivity index (χ2n) is 4.30. The maximum absolute atomic E-state index is 11.9. The molecule has 5 heteroatoms. The number of nitrogens with one attached hydrogen (secondary N) is 2. The number of aromatic nitrogens is 1. The largest absolute Gasteiger partial charge is 0.361 e. The number of aromatic amines is 1. The van der Waals surface area contributed by atoms with Crippen LogP contribution < -0.4 is 5.32 Å². The third kappa shape index (κ3) is 2.79. The van der Waals surface area contributed by atoms with Crippen molar-refractivity contribution in [3.05, 3.63) is 36.0 Å². The molecule has 2 rings (SSSR count). The maximum atomic E-state index is 11.9. The van der Waals surface area contributed by atoms with Gasteiger partial charge in [-0.15, -0.1) is 0 Å². The summed E-state index contributed by atoms with van der Waals surface area (Å²) in [5, 5.41) is 3.83. The number of carbonyl (C=O) groups is 1. The van der Waals surface area contributed by atoms with Crippen molar-refractivity contribution >= 4 is 27.6 Å². The summed E-state index contributed by atoms with van der Waals surface area (Å²) in [4.78, 5) is 15.0. The fourth-order valence-electron chi connectivity index (χ4n) is 1.64. The molecule has 0 fully saturated rings. The normalized spacial score (nSPS) is 14.3. The standard InChI is InChI=1S/C13H16N2O2S/c1-9(18(2)17)8-15-13(16)11-4-3-10-5-6-14-12(10)7-11/h3-7,9,14H,8H2,1-2H3,(H,15,16). The zero-order valence-electron chi connectivity index (χ0n) is 10.4. The van der Waals surface area contributed by atoms with Crippen LogP contribution in [0.2, 0.25) is 0 Å². The molecule has 0 radical (unpaired) electrons. The lowest BCUT2D eigenvalue weighted by atomic mass is 10.1. The molecule has 1 heterocycles. The third-order valence-corrected chi connectivity index (χ3v) is 4.23. The molecule has 4 nitrogen and oxygen atoms in total. The van der Waals surface area contributed by atoms with Gasteiger partial charge in [-0.2, -0.15) is 0 Å². The van der Waals surface area contributed by atoms with E-state index in [0.717, 1.165) is 10.9 Å². The summed E-state index contributed by atoms with van der Waals surface area (Å²) in [5.74, 6) is -0.135. The van der Waals surface area contributed by atoms with Crippen molar-refractivity contribution in [3.8, 4) is 0 Å². The lowest BCUT2D eigenvalue weighted by molar-refractivity contribution is 0.0954. The zero-order chi connectivity index (χ0) is 13.1. The molecule has 0 aliphatic rings. The first-order chi connectivity index (χ1) is 8.58. The van der Waals surface area contributed by atoms with Gasteiger partial charge in [-0.05, 0) is 30.5 Å². The molecule has 1 aromatic carbocycles. The SMILES string of the molecule is CC(CNC(=O)c1ccc2cc[nH]c2c1)S(C)=O. The molecule has 0 spiro atoms. The summed E-state index contributed by atoms with van der Waals surface area (Å²) in [6.07, 6.45) is 3.48. The molecule has 1 aromatic heterocycles. The van der Waals surface area contributed by atoms with Crippen molar-refractivity contribution in [2.75, 3.05) is 12.8 Å². The van der Waals surface area contributed by atoms with Crippen LogP contribution in [0.4, 0.5) is 0 Å². The van der Waals surface area contributed by atoms with E-state index >= 15 is 0 Å². The van der Waals surface area contributed by atoms with E-state index < -0.39 is 10.8 Å². The van der Waals surface area contributed by atoms with Crippen LogP contribution in [-0.4, -0.2) is 33.2 Å². The second-order valence-corrected chi connectivity index (χ2v) is 6.10. The molecule has 2 atom stereocenters. The van der Waals surface area contributed by atoms with E-state index in [1.807, 2.05) is 31.3 Å². The van der Waals surface area contributed by atoms with Crippen LogP contribution in [0.25, 0.3) is 10.9 Å². The molecular weight excluding hydrogens is 248 g/mol.